The Labute approximate surface area is 156 Å². The molecule has 1 N–H and O–H groups in total. The molecule has 0 aliphatic heterocycles. The van der Waals surface area contributed by atoms with Crippen molar-refractivity contribution in [1.29, 1.82) is 0 Å². The Balaban J connectivity index is 1.62. The second-order valence-electron chi connectivity index (χ2n) is 6.05. The van der Waals surface area contributed by atoms with Gasteiger partial charge in [0, 0.05) is 5.02 Å². The summed E-state index contributed by atoms with van der Waals surface area (Å²) in [5, 5.41) is 3.42. The summed E-state index contributed by atoms with van der Waals surface area (Å²) in [6.07, 6.45) is 2.43. The van der Waals surface area contributed by atoms with Gasteiger partial charge in [0.2, 0.25) is 0 Å². The lowest BCUT2D eigenvalue weighted by atomic mass is 9.64. The number of rotatable bonds is 5. The van der Waals surface area contributed by atoms with Crippen molar-refractivity contribution in [2.24, 2.45) is 0 Å². The maximum absolute atomic E-state index is 12.6. The Morgan fingerprint density at radius 1 is 1.08 bits per heavy atom. The molecule has 1 fully saturated rings. The summed E-state index contributed by atoms with van der Waals surface area (Å²) < 4.78 is 5.28. The third kappa shape index (κ3) is 3.80. The fraction of sp³-hybridized carbons (Fsp3) is 0.263. The summed E-state index contributed by atoms with van der Waals surface area (Å²) >= 11 is 11.9. The predicted molar refractivity (Wildman–Crippen MR) is 98.0 cm³/mol. The average molecular weight is 378 g/mol. The summed E-state index contributed by atoms with van der Waals surface area (Å²) in [6.45, 7) is -0.365. The first-order chi connectivity index (χ1) is 12.0. The molecule has 3 rings (SSSR count). The molecule has 25 heavy (non-hydrogen) atoms. The minimum Gasteiger partial charge on any atom is -0.455 e. The average Bonchev–Trinajstić information content (AvgIpc) is 2.56. The zero-order valence-electron chi connectivity index (χ0n) is 13.4. The summed E-state index contributed by atoms with van der Waals surface area (Å²) in [7, 11) is 0. The largest absolute Gasteiger partial charge is 0.455 e. The monoisotopic (exact) mass is 377 g/mol. The number of hydrogen-bond acceptors (Lipinski definition) is 3. The Kier molecular flexibility index (Phi) is 5.30. The van der Waals surface area contributed by atoms with Crippen molar-refractivity contribution >= 4 is 40.8 Å². The molecular formula is C19H17Cl2NO3. The molecule has 2 aromatic rings. The van der Waals surface area contributed by atoms with Gasteiger partial charge in [-0.05, 0) is 36.6 Å². The van der Waals surface area contributed by atoms with Gasteiger partial charge in [-0.15, -0.1) is 0 Å². The number of carbonyl (C=O) groups is 2. The van der Waals surface area contributed by atoms with E-state index in [2.05, 4.69) is 5.32 Å². The van der Waals surface area contributed by atoms with Crippen molar-refractivity contribution in [3.63, 3.8) is 0 Å². The Bertz CT molecular complexity index is 789. The number of ether oxygens (including phenoxy) is 1. The molecule has 0 aromatic heterocycles. The van der Waals surface area contributed by atoms with Crippen molar-refractivity contribution in [3.8, 4) is 0 Å². The van der Waals surface area contributed by atoms with Crippen LogP contribution in [0.4, 0.5) is 5.69 Å². The second-order valence-corrected chi connectivity index (χ2v) is 6.89. The highest BCUT2D eigenvalue weighted by atomic mass is 35.5. The number of anilines is 1. The van der Waals surface area contributed by atoms with Crippen LogP contribution in [0.25, 0.3) is 0 Å². The first-order valence-electron chi connectivity index (χ1n) is 7.99. The second kappa shape index (κ2) is 7.46. The maximum atomic E-state index is 12.6. The summed E-state index contributed by atoms with van der Waals surface area (Å²) in [5.41, 5.74) is 0.691. The van der Waals surface area contributed by atoms with Gasteiger partial charge in [0.1, 0.15) is 0 Å². The molecule has 1 saturated carbocycles. The van der Waals surface area contributed by atoms with Gasteiger partial charge in [-0.2, -0.15) is 0 Å². The quantitative estimate of drug-likeness (QED) is 0.774. The van der Waals surface area contributed by atoms with Gasteiger partial charge >= 0.3 is 5.97 Å². The van der Waals surface area contributed by atoms with E-state index in [-0.39, 0.29) is 12.6 Å². The number of nitrogens with one attached hydrogen (secondary N) is 1. The molecular weight excluding hydrogens is 361 g/mol. The number of carbonyl (C=O) groups excluding carboxylic acids is 2. The normalized spacial score (nSPS) is 15.1. The molecule has 6 heteroatoms. The van der Waals surface area contributed by atoms with Crippen LogP contribution in [0.3, 0.4) is 0 Å². The zero-order chi connectivity index (χ0) is 17.9. The van der Waals surface area contributed by atoms with Crippen LogP contribution in [0, 0.1) is 0 Å². The molecule has 0 unspecified atom stereocenters. The van der Waals surface area contributed by atoms with E-state index >= 15 is 0 Å². The lowest BCUT2D eigenvalue weighted by Gasteiger charge is -2.39. The first kappa shape index (κ1) is 17.8. The van der Waals surface area contributed by atoms with Crippen molar-refractivity contribution < 1.29 is 14.3 Å². The fourth-order valence-electron chi connectivity index (χ4n) is 2.95. The zero-order valence-corrected chi connectivity index (χ0v) is 14.9. The molecule has 0 spiro atoms. The smallest absolute Gasteiger partial charge is 0.317 e. The molecule has 0 atom stereocenters. The van der Waals surface area contributed by atoms with Crippen LogP contribution >= 0.6 is 23.2 Å². The lowest BCUT2D eigenvalue weighted by molar-refractivity contribution is -0.156. The molecule has 0 bridgehead atoms. The molecule has 1 aliphatic carbocycles. The highest BCUT2D eigenvalue weighted by Crippen LogP contribution is 2.44. The van der Waals surface area contributed by atoms with Crippen molar-refractivity contribution in [3.05, 3.63) is 64.1 Å². The van der Waals surface area contributed by atoms with E-state index in [1.807, 2.05) is 30.3 Å². The number of hydrogen-bond donors (Lipinski definition) is 1. The number of esters is 1. The van der Waals surface area contributed by atoms with Gasteiger partial charge < -0.3 is 10.1 Å². The van der Waals surface area contributed by atoms with Gasteiger partial charge in [0.15, 0.2) is 6.61 Å². The maximum Gasteiger partial charge on any atom is 0.317 e. The van der Waals surface area contributed by atoms with Gasteiger partial charge in [-0.1, -0.05) is 60.0 Å². The Morgan fingerprint density at radius 3 is 2.44 bits per heavy atom. The lowest BCUT2D eigenvalue weighted by Crippen LogP contribution is -2.44. The highest BCUT2D eigenvalue weighted by Gasteiger charge is 2.47. The number of benzene rings is 2. The molecule has 1 amide bonds. The molecule has 0 heterocycles. The summed E-state index contributed by atoms with van der Waals surface area (Å²) in [4.78, 5) is 24.6. The van der Waals surface area contributed by atoms with Crippen LogP contribution < -0.4 is 5.32 Å². The van der Waals surface area contributed by atoms with Gasteiger partial charge in [-0.25, -0.2) is 0 Å². The first-order valence-corrected chi connectivity index (χ1v) is 8.74. The van der Waals surface area contributed by atoms with E-state index in [1.165, 1.54) is 0 Å². The van der Waals surface area contributed by atoms with Crippen LogP contribution in [-0.2, 0) is 19.7 Å². The summed E-state index contributed by atoms with van der Waals surface area (Å²) in [5.74, 6) is -0.822. The minimum absolute atomic E-state index is 0.364. The SMILES string of the molecule is O=C(COC(=O)C1(c2ccccc2)CCC1)Nc1cc(Cl)ccc1Cl. The van der Waals surface area contributed by atoms with Crippen LogP contribution in [0.15, 0.2) is 48.5 Å². The standard InChI is InChI=1S/C19H17Cl2NO3/c20-14-7-8-15(21)16(11-14)22-17(23)12-25-18(24)19(9-4-10-19)13-5-2-1-3-6-13/h1-3,5-8,11H,4,9-10,12H2,(H,22,23). The Morgan fingerprint density at radius 2 is 1.80 bits per heavy atom. The summed E-state index contributed by atoms with van der Waals surface area (Å²) in [6, 6.07) is 14.3. The van der Waals surface area contributed by atoms with Crippen LogP contribution in [-0.4, -0.2) is 18.5 Å². The van der Waals surface area contributed by atoms with Crippen molar-refractivity contribution in [2.75, 3.05) is 11.9 Å². The molecule has 130 valence electrons. The van der Waals surface area contributed by atoms with E-state index in [0.717, 1.165) is 24.8 Å². The van der Waals surface area contributed by atoms with E-state index in [4.69, 9.17) is 27.9 Å². The topological polar surface area (TPSA) is 55.4 Å². The molecule has 1 aliphatic rings. The molecule has 0 radical (unpaired) electrons. The fourth-order valence-corrected chi connectivity index (χ4v) is 3.28. The van der Waals surface area contributed by atoms with Gasteiger partial charge in [-0.3, -0.25) is 9.59 Å². The van der Waals surface area contributed by atoms with Gasteiger partial charge in [0.25, 0.3) is 5.91 Å². The highest BCUT2D eigenvalue weighted by molar-refractivity contribution is 6.35. The van der Waals surface area contributed by atoms with Crippen LogP contribution in [0.5, 0.6) is 0 Å². The minimum atomic E-state index is -0.630. The predicted octanol–water partition coefficient (Wildman–Crippen LogP) is 4.60. The Hall–Kier alpha value is -2.04. The third-order valence-electron chi connectivity index (χ3n) is 4.46. The van der Waals surface area contributed by atoms with Crippen molar-refractivity contribution in [1.82, 2.24) is 0 Å². The third-order valence-corrected chi connectivity index (χ3v) is 5.03. The van der Waals surface area contributed by atoms with E-state index < -0.39 is 11.3 Å². The molecule has 2 aromatic carbocycles. The van der Waals surface area contributed by atoms with E-state index in [1.54, 1.807) is 18.2 Å². The van der Waals surface area contributed by atoms with Crippen molar-refractivity contribution in [2.45, 2.75) is 24.7 Å². The van der Waals surface area contributed by atoms with Crippen LogP contribution in [0.1, 0.15) is 24.8 Å². The molecule has 4 nitrogen and oxygen atoms in total. The number of halogens is 2. The molecule has 0 saturated heterocycles. The van der Waals surface area contributed by atoms with Crippen LogP contribution in [0.2, 0.25) is 10.0 Å². The van der Waals surface area contributed by atoms with E-state index in [9.17, 15) is 9.59 Å². The van der Waals surface area contributed by atoms with E-state index in [0.29, 0.717) is 15.7 Å². The number of amides is 1. The van der Waals surface area contributed by atoms with Gasteiger partial charge in [0.05, 0.1) is 16.1 Å².